The third kappa shape index (κ3) is 1.30. The molecule has 2 N–H and O–H groups in total. The lowest BCUT2D eigenvalue weighted by molar-refractivity contribution is 0.639. The van der Waals surface area contributed by atoms with Crippen molar-refractivity contribution in [3.8, 4) is 0 Å². The molecular weight excluding hydrogens is 179 g/mol. The Morgan fingerprint density at radius 2 is 2.21 bits per heavy atom. The monoisotopic (exact) mass is 192 g/mol. The van der Waals surface area contributed by atoms with Gasteiger partial charge in [0.2, 0.25) is 0 Å². The molecule has 2 aromatic rings. The lowest BCUT2D eigenvalue weighted by atomic mass is 10.2. The summed E-state index contributed by atoms with van der Waals surface area (Å²) in [6, 6.07) is 6.99. The van der Waals surface area contributed by atoms with Crippen LogP contribution in [0.4, 0.5) is 4.39 Å². The molecule has 1 heterocycles. The van der Waals surface area contributed by atoms with Gasteiger partial charge in [-0.2, -0.15) is 0 Å². The summed E-state index contributed by atoms with van der Waals surface area (Å²) in [4.78, 5) is 0. The van der Waals surface area contributed by atoms with Gasteiger partial charge in [0.1, 0.15) is 5.82 Å². The van der Waals surface area contributed by atoms with E-state index < -0.39 is 0 Å². The van der Waals surface area contributed by atoms with E-state index in [0.29, 0.717) is 11.9 Å². The Morgan fingerprint density at radius 1 is 1.43 bits per heavy atom. The summed E-state index contributed by atoms with van der Waals surface area (Å²) in [5.41, 5.74) is 7.48. The molecule has 1 aromatic heterocycles. The molecule has 0 aliphatic heterocycles. The van der Waals surface area contributed by atoms with Gasteiger partial charge >= 0.3 is 0 Å². The van der Waals surface area contributed by atoms with Gasteiger partial charge in [-0.3, -0.25) is 0 Å². The second kappa shape index (κ2) is 3.42. The van der Waals surface area contributed by atoms with Crippen molar-refractivity contribution in [1.82, 2.24) is 4.57 Å². The van der Waals surface area contributed by atoms with Crippen LogP contribution in [0, 0.1) is 12.7 Å². The average Bonchev–Trinajstić information content (AvgIpc) is 2.47. The average molecular weight is 192 g/mol. The van der Waals surface area contributed by atoms with E-state index in [1.807, 2.05) is 23.6 Å². The number of hydrogen-bond acceptors (Lipinski definition) is 1. The maximum absolute atomic E-state index is 13.4. The highest BCUT2D eigenvalue weighted by molar-refractivity contribution is 5.81. The van der Waals surface area contributed by atoms with Gasteiger partial charge in [-0.1, -0.05) is 6.07 Å². The molecule has 74 valence electrons. The minimum absolute atomic E-state index is 0.165. The highest BCUT2D eigenvalue weighted by Crippen LogP contribution is 2.21. The first-order valence-electron chi connectivity index (χ1n) is 4.68. The van der Waals surface area contributed by atoms with Crippen LogP contribution < -0.4 is 5.73 Å². The van der Waals surface area contributed by atoms with Crippen molar-refractivity contribution in [2.24, 2.45) is 5.73 Å². The fraction of sp³-hybridized carbons (Fsp3) is 0.273. The Kier molecular flexibility index (Phi) is 2.25. The number of nitrogens with two attached hydrogens (primary N) is 1. The van der Waals surface area contributed by atoms with Crippen LogP contribution in [0.25, 0.3) is 10.9 Å². The third-order valence-corrected chi connectivity index (χ3v) is 2.45. The summed E-state index contributed by atoms with van der Waals surface area (Å²) in [5, 5.41) is 0.679. The Bertz CT molecular complexity index is 460. The first-order chi connectivity index (χ1) is 6.74. The molecule has 0 saturated heterocycles. The molecule has 14 heavy (non-hydrogen) atoms. The van der Waals surface area contributed by atoms with Crippen molar-refractivity contribution < 1.29 is 4.39 Å². The number of rotatable bonds is 2. The largest absolute Gasteiger partial charge is 0.344 e. The maximum Gasteiger partial charge on any atom is 0.132 e. The zero-order valence-electron chi connectivity index (χ0n) is 8.13. The van der Waals surface area contributed by atoms with Crippen LogP contribution in [0.2, 0.25) is 0 Å². The molecule has 0 fully saturated rings. The lowest BCUT2D eigenvalue weighted by Gasteiger charge is -2.05. The zero-order chi connectivity index (χ0) is 10.1. The predicted octanol–water partition coefficient (Wildman–Crippen LogP) is 2.05. The van der Waals surface area contributed by atoms with E-state index in [9.17, 15) is 4.39 Å². The van der Waals surface area contributed by atoms with Gasteiger partial charge in [0.15, 0.2) is 0 Å². The molecule has 0 aliphatic carbocycles. The molecule has 0 spiro atoms. The Balaban J connectivity index is 2.70. The maximum atomic E-state index is 13.4. The van der Waals surface area contributed by atoms with Crippen LogP contribution >= 0.6 is 0 Å². The van der Waals surface area contributed by atoms with Crippen molar-refractivity contribution in [3.05, 3.63) is 35.8 Å². The number of aromatic nitrogens is 1. The van der Waals surface area contributed by atoms with Crippen molar-refractivity contribution in [3.63, 3.8) is 0 Å². The highest BCUT2D eigenvalue weighted by atomic mass is 19.1. The molecule has 0 amide bonds. The van der Waals surface area contributed by atoms with E-state index in [1.54, 1.807) is 6.07 Å². The van der Waals surface area contributed by atoms with Crippen LogP contribution in [0.5, 0.6) is 0 Å². The lowest BCUT2D eigenvalue weighted by Crippen LogP contribution is -2.10. The molecule has 2 rings (SSSR count). The van der Waals surface area contributed by atoms with Gasteiger partial charge in [0, 0.05) is 24.2 Å². The predicted molar refractivity (Wildman–Crippen MR) is 55.7 cm³/mol. The highest BCUT2D eigenvalue weighted by Gasteiger charge is 2.07. The number of nitrogens with zero attached hydrogens (tertiary/aromatic N) is 1. The Labute approximate surface area is 82.1 Å². The van der Waals surface area contributed by atoms with Crippen molar-refractivity contribution in [2.45, 2.75) is 13.5 Å². The summed E-state index contributed by atoms with van der Waals surface area (Å²) >= 11 is 0. The number of benzene rings is 1. The normalized spacial score (nSPS) is 11.1. The van der Waals surface area contributed by atoms with Gasteiger partial charge in [-0.05, 0) is 25.1 Å². The third-order valence-electron chi connectivity index (χ3n) is 2.45. The van der Waals surface area contributed by atoms with Crippen LogP contribution in [-0.2, 0) is 6.54 Å². The molecule has 2 nitrogen and oxygen atoms in total. The van der Waals surface area contributed by atoms with Gasteiger partial charge < -0.3 is 10.3 Å². The van der Waals surface area contributed by atoms with E-state index in [2.05, 4.69) is 0 Å². The Hall–Kier alpha value is -1.35. The number of halogens is 1. The summed E-state index contributed by atoms with van der Waals surface area (Å²) in [6.45, 7) is 3.27. The summed E-state index contributed by atoms with van der Waals surface area (Å²) < 4.78 is 15.4. The quantitative estimate of drug-likeness (QED) is 0.775. The van der Waals surface area contributed by atoms with Gasteiger partial charge in [0.25, 0.3) is 0 Å². The smallest absolute Gasteiger partial charge is 0.132 e. The van der Waals surface area contributed by atoms with Crippen molar-refractivity contribution >= 4 is 10.9 Å². The molecule has 0 bridgehead atoms. The van der Waals surface area contributed by atoms with Crippen LogP contribution in [0.3, 0.4) is 0 Å². The zero-order valence-corrected chi connectivity index (χ0v) is 8.13. The molecule has 0 saturated carbocycles. The van der Waals surface area contributed by atoms with Gasteiger partial charge in [0.05, 0.1) is 5.52 Å². The van der Waals surface area contributed by atoms with E-state index in [0.717, 1.165) is 17.8 Å². The van der Waals surface area contributed by atoms with Crippen LogP contribution in [0.15, 0.2) is 24.3 Å². The fourth-order valence-corrected chi connectivity index (χ4v) is 1.81. The number of aryl methyl sites for hydroxylation is 1. The number of hydrogen-bond donors (Lipinski definition) is 1. The molecular formula is C11H13FN2. The van der Waals surface area contributed by atoms with E-state index in [4.69, 9.17) is 5.73 Å². The van der Waals surface area contributed by atoms with Crippen molar-refractivity contribution in [2.75, 3.05) is 6.54 Å². The molecule has 3 heteroatoms. The second-order valence-corrected chi connectivity index (χ2v) is 3.40. The van der Waals surface area contributed by atoms with E-state index in [-0.39, 0.29) is 5.82 Å². The minimum atomic E-state index is -0.165. The molecule has 0 aliphatic rings. The van der Waals surface area contributed by atoms with Crippen LogP contribution in [0.1, 0.15) is 5.69 Å². The van der Waals surface area contributed by atoms with Crippen LogP contribution in [-0.4, -0.2) is 11.1 Å². The molecule has 0 atom stereocenters. The van der Waals surface area contributed by atoms with Gasteiger partial charge in [-0.25, -0.2) is 4.39 Å². The summed E-state index contributed by atoms with van der Waals surface area (Å²) in [5.74, 6) is -0.165. The fourth-order valence-electron chi connectivity index (χ4n) is 1.81. The second-order valence-electron chi connectivity index (χ2n) is 3.40. The molecule has 0 radical (unpaired) electrons. The van der Waals surface area contributed by atoms with E-state index in [1.165, 1.54) is 6.07 Å². The van der Waals surface area contributed by atoms with E-state index >= 15 is 0 Å². The minimum Gasteiger partial charge on any atom is -0.344 e. The Morgan fingerprint density at radius 3 is 2.93 bits per heavy atom. The SMILES string of the molecule is Cc1cc2c(F)cccc2n1CCN. The number of fused-ring (bicyclic) bond motifs is 1. The summed E-state index contributed by atoms with van der Waals surface area (Å²) in [7, 11) is 0. The standard InChI is InChI=1S/C11H13FN2/c1-8-7-9-10(12)3-2-4-11(9)14(8)6-5-13/h2-4,7H,5-6,13H2,1H3. The van der Waals surface area contributed by atoms with Gasteiger partial charge in [-0.15, -0.1) is 0 Å². The summed E-state index contributed by atoms with van der Waals surface area (Å²) in [6.07, 6.45) is 0. The first-order valence-corrected chi connectivity index (χ1v) is 4.68. The first kappa shape index (κ1) is 9.21. The van der Waals surface area contributed by atoms with Crippen molar-refractivity contribution in [1.29, 1.82) is 0 Å². The molecule has 1 aromatic carbocycles. The molecule has 0 unspecified atom stereocenters. The topological polar surface area (TPSA) is 30.9 Å².